The first-order valence-electron chi connectivity index (χ1n) is 6.68. The SMILES string of the molecule is CCC1CCN(C(=O)c2cccnc2Cl)C(C(=O)O)C1. The molecule has 5 nitrogen and oxygen atoms in total. The number of nitrogens with zero attached hydrogens (tertiary/aromatic N) is 2. The highest BCUT2D eigenvalue weighted by atomic mass is 35.5. The van der Waals surface area contributed by atoms with Crippen LogP contribution >= 0.6 is 11.6 Å². The Morgan fingerprint density at radius 1 is 1.55 bits per heavy atom. The minimum absolute atomic E-state index is 0.110. The Bertz CT molecular complexity index is 521. The summed E-state index contributed by atoms with van der Waals surface area (Å²) in [6.45, 7) is 2.48. The summed E-state index contributed by atoms with van der Waals surface area (Å²) in [5.74, 6) is -0.967. The highest BCUT2D eigenvalue weighted by Gasteiger charge is 2.36. The fraction of sp³-hybridized carbons (Fsp3) is 0.500. The molecule has 6 heteroatoms. The van der Waals surface area contributed by atoms with Gasteiger partial charge in [-0.2, -0.15) is 0 Å². The molecule has 0 radical (unpaired) electrons. The van der Waals surface area contributed by atoms with E-state index in [2.05, 4.69) is 4.98 Å². The van der Waals surface area contributed by atoms with Crippen molar-refractivity contribution >= 4 is 23.5 Å². The molecule has 1 fully saturated rings. The lowest BCUT2D eigenvalue weighted by Gasteiger charge is -2.37. The first kappa shape index (κ1) is 14.8. The summed E-state index contributed by atoms with van der Waals surface area (Å²) in [7, 11) is 0. The number of piperidine rings is 1. The second kappa shape index (κ2) is 6.22. The Morgan fingerprint density at radius 3 is 2.90 bits per heavy atom. The number of carbonyl (C=O) groups is 2. The van der Waals surface area contributed by atoms with E-state index in [-0.39, 0.29) is 16.6 Å². The Morgan fingerprint density at radius 2 is 2.30 bits per heavy atom. The van der Waals surface area contributed by atoms with Crippen LogP contribution in [-0.4, -0.2) is 39.5 Å². The third-order valence-corrected chi connectivity index (χ3v) is 4.13. The van der Waals surface area contributed by atoms with Crippen LogP contribution in [0.3, 0.4) is 0 Å². The second-order valence-electron chi connectivity index (χ2n) is 4.99. The van der Waals surface area contributed by atoms with Gasteiger partial charge < -0.3 is 10.0 Å². The van der Waals surface area contributed by atoms with Crippen LogP contribution in [0.2, 0.25) is 5.15 Å². The molecule has 0 spiro atoms. The van der Waals surface area contributed by atoms with Crippen LogP contribution in [0.25, 0.3) is 0 Å². The quantitative estimate of drug-likeness (QED) is 0.870. The fourth-order valence-corrected chi connectivity index (χ4v) is 2.79. The van der Waals surface area contributed by atoms with Gasteiger partial charge in [0.05, 0.1) is 5.56 Å². The number of pyridine rings is 1. The summed E-state index contributed by atoms with van der Waals surface area (Å²) < 4.78 is 0. The summed E-state index contributed by atoms with van der Waals surface area (Å²) in [4.78, 5) is 29.1. The Hall–Kier alpha value is -1.62. The molecule has 1 aliphatic heterocycles. The van der Waals surface area contributed by atoms with Gasteiger partial charge in [-0.3, -0.25) is 4.79 Å². The van der Waals surface area contributed by atoms with E-state index in [9.17, 15) is 14.7 Å². The van der Waals surface area contributed by atoms with E-state index in [1.54, 1.807) is 12.1 Å². The maximum absolute atomic E-state index is 12.5. The predicted octanol–water partition coefficient (Wildman–Crippen LogP) is 2.45. The molecule has 1 saturated heterocycles. The highest BCUT2D eigenvalue weighted by Crippen LogP contribution is 2.27. The zero-order valence-corrected chi connectivity index (χ0v) is 12.0. The maximum Gasteiger partial charge on any atom is 0.326 e. The number of hydrogen-bond donors (Lipinski definition) is 1. The van der Waals surface area contributed by atoms with E-state index in [0.29, 0.717) is 18.9 Å². The van der Waals surface area contributed by atoms with Gasteiger partial charge >= 0.3 is 5.97 Å². The first-order chi connectivity index (χ1) is 9.54. The zero-order chi connectivity index (χ0) is 14.7. The van der Waals surface area contributed by atoms with E-state index < -0.39 is 12.0 Å². The summed E-state index contributed by atoms with van der Waals surface area (Å²) in [6, 6.07) is 2.41. The molecule has 1 amide bonds. The first-order valence-corrected chi connectivity index (χ1v) is 7.06. The number of carbonyl (C=O) groups excluding carboxylic acids is 1. The van der Waals surface area contributed by atoms with E-state index >= 15 is 0 Å². The van der Waals surface area contributed by atoms with E-state index in [1.165, 1.54) is 11.1 Å². The average Bonchev–Trinajstić information content (AvgIpc) is 2.46. The molecular formula is C14H17ClN2O3. The smallest absolute Gasteiger partial charge is 0.326 e. The van der Waals surface area contributed by atoms with Gasteiger partial charge in [-0.1, -0.05) is 24.9 Å². The number of aromatic nitrogens is 1. The van der Waals surface area contributed by atoms with Crippen molar-refractivity contribution < 1.29 is 14.7 Å². The van der Waals surface area contributed by atoms with Crippen molar-refractivity contribution in [1.29, 1.82) is 0 Å². The third-order valence-electron chi connectivity index (χ3n) is 3.82. The highest BCUT2D eigenvalue weighted by molar-refractivity contribution is 6.32. The van der Waals surface area contributed by atoms with Gasteiger partial charge in [0.25, 0.3) is 5.91 Å². The van der Waals surface area contributed by atoms with Crippen LogP contribution in [0.4, 0.5) is 0 Å². The normalized spacial score (nSPS) is 22.6. The number of carboxylic acids is 1. The maximum atomic E-state index is 12.5. The van der Waals surface area contributed by atoms with Crippen molar-refractivity contribution in [1.82, 2.24) is 9.88 Å². The molecule has 0 saturated carbocycles. The summed E-state index contributed by atoms with van der Waals surface area (Å²) in [5, 5.41) is 9.45. The van der Waals surface area contributed by atoms with Gasteiger partial charge in [0, 0.05) is 12.7 Å². The molecule has 2 unspecified atom stereocenters. The lowest BCUT2D eigenvalue weighted by molar-refractivity contribution is -0.144. The van der Waals surface area contributed by atoms with Gasteiger partial charge in [0.2, 0.25) is 0 Å². The van der Waals surface area contributed by atoms with Crippen molar-refractivity contribution in [2.24, 2.45) is 5.92 Å². The molecule has 1 aliphatic rings. The van der Waals surface area contributed by atoms with Gasteiger partial charge in [-0.15, -0.1) is 0 Å². The molecule has 1 aromatic rings. The standard InChI is InChI=1S/C14H17ClN2O3/c1-2-9-5-7-17(11(8-9)14(19)20)13(18)10-4-3-6-16-12(10)15/h3-4,6,9,11H,2,5,7-8H2,1H3,(H,19,20). The van der Waals surface area contributed by atoms with E-state index in [1.807, 2.05) is 6.92 Å². The number of carboxylic acid groups (broad SMARTS) is 1. The van der Waals surface area contributed by atoms with Crippen LogP contribution in [-0.2, 0) is 4.79 Å². The molecule has 1 aromatic heterocycles. The Balaban J connectivity index is 2.24. The van der Waals surface area contributed by atoms with E-state index in [4.69, 9.17) is 11.6 Å². The van der Waals surface area contributed by atoms with Crippen LogP contribution < -0.4 is 0 Å². The van der Waals surface area contributed by atoms with Crippen molar-refractivity contribution in [3.63, 3.8) is 0 Å². The number of amides is 1. The van der Waals surface area contributed by atoms with E-state index in [0.717, 1.165) is 12.8 Å². The molecule has 0 aromatic carbocycles. The topological polar surface area (TPSA) is 70.5 Å². The number of aliphatic carboxylic acids is 1. The fourth-order valence-electron chi connectivity index (χ4n) is 2.59. The van der Waals surface area contributed by atoms with Crippen LogP contribution in [0.15, 0.2) is 18.3 Å². The lowest BCUT2D eigenvalue weighted by Crippen LogP contribution is -2.50. The van der Waals surface area contributed by atoms with Gasteiger partial charge in [0.15, 0.2) is 0 Å². The van der Waals surface area contributed by atoms with Crippen molar-refractivity contribution in [2.45, 2.75) is 32.2 Å². The van der Waals surface area contributed by atoms with Crippen LogP contribution in [0, 0.1) is 5.92 Å². The number of likely N-dealkylation sites (tertiary alicyclic amines) is 1. The average molecular weight is 297 g/mol. The summed E-state index contributed by atoms with van der Waals surface area (Å²) in [6.07, 6.45) is 3.75. The molecule has 0 aliphatic carbocycles. The third kappa shape index (κ3) is 2.93. The molecule has 1 N–H and O–H groups in total. The van der Waals surface area contributed by atoms with Crippen LogP contribution in [0.5, 0.6) is 0 Å². The van der Waals surface area contributed by atoms with Crippen molar-refractivity contribution in [3.8, 4) is 0 Å². The monoisotopic (exact) mass is 296 g/mol. The van der Waals surface area contributed by atoms with Gasteiger partial charge in [-0.05, 0) is 30.9 Å². The minimum Gasteiger partial charge on any atom is -0.480 e. The number of hydrogen-bond acceptors (Lipinski definition) is 3. The number of halogens is 1. The van der Waals surface area contributed by atoms with Gasteiger partial charge in [0.1, 0.15) is 11.2 Å². The molecular weight excluding hydrogens is 280 g/mol. The lowest BCUT2D eigenvalue weighted by atomic mass is 9.88. The largest absolute Gasteiger partial charge is 0.480 e. The second-order valence-corrected chi connectivity index (χ2v) is 5.35. The van der Waals surface area contributed by atoms with Crippen LogP contribution in [0.1, 0.15) is 36.5 Å². The Labute approximate surface area is 122 Å². The zero-order valence-electron chi connectivity index (χ0n) is 11.3. The van der Waals surface area contributed by atoms with Gasteiger partial charge in [-0.25, -0.2) is 9.78 Å². The minimum atomic E-state index is -0.962. The van der Waals surface area contributed by atoms with Crippen molar-refractivity contribution in [2.75, 3.05) is 6.54 Å². The molecule has 2 atom stereocenters. The molecule has 2 rings (SSSR count). The molecule has 0 bridgehead atoms. The Kier molecular flexibility index (Phi) is 4.60. The predicted molar refractivity (Wildman–Crippen MR) is 74.7 cm³/mol. The molecule has 20 heavy (non-hydrogen) atoms. The number of rotatable bonds is 3. The van der Waals surface area contributed by atoms with Crippen molar-refractivity contribution in [3.05, 3.63) is 29.0 Å². The molecule has 2 heterocycles. The molecule has 108 valence electrons. The summed E-state index contributed by atoms with van der Waals surface area (Å²) in [5.41, 5.74) is 0.260. The summed E-state index contributed by atoms with van der Waals surface area (Å²) >= 11 is 5.92.